The van der Waals surface area contributed by atoms with E-state index < -0.39 is 0 Å². The Kier molecular flexibility index (Phi) is 5.42. The quantitative estimate of drug-likeness (QED) is 0.620. The van der Waals surface area contributed by atoms with Gasteiger partial charge in [-0.15, -0.1) is 11.8 Å². The fourth-order valence-electron chi connectivity index (χ4n) is 2.77. The van der Waals surface area contributed by atoms with E-state index in [-0.39, 0.29) is 0 Å². The van der Waals surface area contributed by atoms with Crippen molar-refractivity contribution in [2.75, 3.05) is 20.1 Å². The van der Waals surface area contributed by atoms with Crippen LogP contribution < -0.4 is 0 Å². The molecular formula is C20H24N2S. The van der Waals surface area contributed by atoms with Crippen LogP contribution in [0.1, 0.15) is 18.2 Å². The van der Waals surface area contributed by atoms with Crippen LogP contribution in [0.4, 0.5) is 0 Å². The monoisotopic (exact) mass is 324 g/mol. The topological polar surface area (TPSA) is 19.0 Å². The number of hydrogen-bond acceptors (Lipinski definition) is 2. The normalized spacial score (nSPS) is 11.4. The van der Waals surface area contributed by atoms with Crippen molar-refractivity contribution >= 4 is 22.7 Å². The molecule has 23 heavy (non-hydrogen) atoms. The van der Waals surface area contributed by atoms with Gasteiger partial charge >= 0.3 is 0 Å². The van der Waals surface area contributed by atoms with Crippen molar-refractivity contribution in [3.8, 4) is 0 Å². The summed E-state index contributed by atoms with van der Waals surface area (Å²) in [6, 6.07) is 19.3. The SMILES string of the molecule is CCN(C)CCc1[nH]c2ccccc2c1CSc1ccccc1. The van der Waals surface area contributed by atoms with Crippen molar-refractivity contribution < 1.29 is 0 Å². The van der Waals surface area contributed by atoms with E-state index in [1.807, 2.05) is 11.8 Å². The molecule has 2 aromatic carbocycles. The molecule has 2 nitrogen and oxygen atoms in total. The average Bonchev–Trinajstić information content (AvgIpc) is 2.96. The Labute approximate surface area is 142 Å². The first-order valence-electron chi connectivity index (χ1n) is 8.22. The average molecular weight is 324 g/mol. The maximum absolute atomic E-state index is 3.64. The second-order valence-electron chi connectivity index (χ2n) is 5.88. The Morgan fingerprint density at radius 3 is 2.52 bits per heavy atom. The first kappa shape index (κ1) is 16.2. The van der Waals surface area contributed by atoms with Crippen molar-refractivity contribution in [3.63, 3.8) is 0 Å². The molecule has 1 aromatic heterocycles. The molecule has 0 saturated heterocycles. The predicted octanol–water partition coefficient (Wildman–Crippen LogP) is 4.95. The summed E-state index contributed by atoms with van der Waals surface area (Å²) in [6.45, 7) is 4.39. The van der Waals surface area contributed by atoms with E-state index in [2.05, 4.69) is 78.5 Å². The van der Waals surface area contributed by atoms with Gasteiger partial charge < -0.3 is 9.88 Å². The van der Waals surface area contributed by atoms with E-state index in [1.54, 1.807) is 0 Å². The summed E-state index contributed by atoms with van der Waals surface area (Å²) in [5.74, 6) is 1.01. The Bertz CT molecular complexity index is 749. The standard InChI is InChI=1S/C20H24N2S/c1-3-22(2)14-13-20-18(15-23-16-9-5-4-6-10-16)17-11-7-8-12-19(17)21-20/h4-12,21H,3,13-15H2,1-2H3. The zero-order valence-electron chi connectivity index (χ0n) is 13.9. The highest BCUT2D eigenvalue weighted by Gasteiger charge is 2.12. The third-order valence-corrected chi connectivity index (χ3v) is 5.35. The van der Waals surface area contributed by atoms with E-state index in [0.717, 1.165) is 25.3 Å². The molecule has 0 bridgehead atoms. The molecule has 0 unspecified atom stereocenters. The highest BCUT2D eigenvalue weighted by molar-refractivity contribution is 7.98. The van der Waals surface area contributed by atoms with Crippen LogP contribution in [0, 0.1) is 0 Å². The lowest BCUT2D eigenvalue weighted by Crippen LogP contribution is -2.20. The van der Waals surface area contributed by atoms with Crippen molar-refractivity contribution in [1.82, 2.24) is 9.88 Å². The van der Waals surface area contributed by atoms with Gasteiger partial charge in [0.1, 0.15) is 0 Å². The fraction of sp³-hybridized carbons (Fsp3) is 0.300. The van der Waals surface area contributed by atoms with Gasteiger partial charge in [0.15, 0.2) is 0 Å². The summed E-state index contributed by atoms with van der Waals surface area (Å²) in [6.07, 6.45) is 1.07. The molecule has 3 aromatic rings. The van der Waals surface area contributed by atoms with Crippen LogP contribution in [0.3, 0.4) is 0 Å². The highest BCUT2D eigenvalue weighted by Crippen LogP contribution is 2.30. The molecule has 120 valence electrons. The maximum atomic E-state index is 3.64. The number of aromatic nitrogens is 1. The number of thioether (sulfide) groups is 1. The fourth-order valence-corrected chi connectivity index (χ4v) is 3.76. The van der Waals surface area contributed by atoms with Gasteiger partial charge in [0, 0.05) is 40.2 Å². The number of benzene rings is 2. The van der Waals surface area contributed by atoms with Gasteiger partial charge in [0.05, 0.1) is 0 Å². The molecule has 0 fully saturated rings. The number of likely N-dealkylation sites (N-methyl/N-ethyl adjacent to an activating group) is 1. The molecule has 3 heteroatoms. The van der Waals surface area contributed by atoms with Gasteiger partial charge in [-0.25, -0.2) is 0 Å². The molecule has 0 spiro atoms. The molecule has 1 N–H and O–H groups in total. The van der Waals surface area contributed by atoms with E-state index in [1.165, 1.54) is 27.1 Å². The summed E-state index contributed by atoms with van der Waals surface area (Å²) in [4.78, 5) is 7.33. The molecule has 1 heterocycles. The van der Waals surface area contributed by atoms with Gasteiger partial charge in [0.2, 0.25) is 0 Å². The van der Waals surface area contributed by atoms with Crippen LogP contribution in [0.5, 0.6) is 0 Å². The Balaban J connectivity index is 1.83. The molecule has 0 aliphatic carbocycles. The van der Waals surface area contributed by atoms with Crippen molar-refractivity contribution in [1.29, 1.82) is 0 Å². The predicted molar refractivity (Wildman–Crippen MR) is 101 cm³/mol. The molecule has 0 aliphatic rings. The van der Waals surface area contributed by atoms with Crippen molar-refractivity contribution in [2.45, 2.75) is 24.0 Å². The molecule has 0 aliphatic heterocycles. The molecule has 0 amide bonds. The smallest absolute Gasteiger partial charge is 0.0459 e. The van der Waals surface area contributed by atoms with Crippen molar-refractivity contribution in [2.24, 2.45) is 0 Å². The van der Waals surface area contributed by atoms with Gasteiger partial charge in [-0.05, 0) is 37.4 Å². The molecular weight excluding hydrogens is 300 g/mol. The Morgan fingerprint density at radius 2 is 1.74 bits per heavy atom. The zero-order chi connectivity index (χ0) is 16.1. The van der Waals surface area contributed by atoms with Crippen LogP contribution in [-0.4, -0.2) is 30.0 Å². The second kappa shape index (κ2) is 7.71. The van der Waals surface area contributed by atoms with Crippen LogP contribution in [-0.2, 0) is 12.2 Å². The van der Waals surface area contributed by atoms with E-state index in [4.69, 9.17) is 0 Å². The largest absolute Gasteiger partial charge is 0.358 e. The number of fused-ring (bicyclic) bond motifs is 1. The Morgan fingerprint density at radius 1 is 1.00 bits per heavy atom. The van der Waals surface area contributed by atoms with Gasteiger partial charge in [-0.3, -0.25) is 0 Å². The lowest BCUT2D eigenvalue weighted by atomic mass is 10.1. The molecule has 3 rings (SSSR count). The van der Waals surface area contributed by atoms with Crippen LogP contribution in [0.15, 0.2) is 59.5 Å². The number of nitrogens with zero attached hydrogens (tertiary/aromatic N) is 1. The van der Waals surface area contributed by atoms with Crippen LogP contribution in [0.25, 0.3) is 10.9 Å². The first-order valence-corrected chi connectivity index (χ1v) is 9.21. The first-order chi connectivity index (χ1) is 11.3. The third kappa shape index (κ3) is 3.98. The Hall–Kier alpha value is -1.71. The van der Waals surface area contributed by atoms with Crippen LogP contribution in [0.2, 0.25) is 0 Å². The van der Waals surface area contributed by atoms with Gasteiger partial charge in [-0.1, -0.05) is 43.3 Å². The molecule has 0 radical (unpaired) electrons. The minimum atomic E-state index is 1.01. The summed E-state index contributed by atoms with van der Waals surface area (Å²) in [5.41, 5.74) is 4.10. The molecule has 0 atom stereocenters. The number of rotatable bonds is 7. The van der Waals surface area contributed by atoms with Gasteiger partial charge in [0.25, 0.3) is 0 Å². The van der Waals surface area contributed by atoms with Crippen LogP contribution >= 0.6 is 11.8 Å². The number of aromatic amines is 1. The number of nitrogens with one attached hydrogen (secondary N) is 1. The lowest BCUT2D eigenvalue weighted by molar-refractivity contribution is 0.356. The zero-order valence-corrected chi connectivity index (χ0v) is 14.7. The number of H-pyrrole nitrogens is 1. The number of hydrogen-bond donors (Lipinski definition) is 1. The lowest BCUT2D eigenvalue weighted by Gasteiger charge is -2.13. The van der Waals surface area contributed by atoms with Gasteiger partial charge in [-0.2, -0.15) is 0 Å². The van der Waals surface area contributed by atoms with Crippen molar-refractivity contribution in [3.05, 3.63) is 65.9 Å². The minimum Gasteiger partial charge on any atom is -0.358 e. The molecule has 0 saturated carbocycles. The highest BCUT2D eigenvalue weighted by atomic mass is 32.2. The third-order valence-electron chi connectivity index (χ3n) is 4.31. The van der Waals surface area contributed by atoms with E-state index in [9.17, 15) is 0 Å². The minimum absolute atomic E-state index is 1.01. The van der Waals surface area contributed by atoms with E-state index >= 15 is 0 Å². The summed E-state index contributed by atoms with van der Waals surface area (Å²) < 4.78 is 0. The summed E-state index contributed by atoms with van der Waals surface area (Å²) >= 11 is 1.91. The van der Waals surface area contributed by atoms with E-state index in [0.29, 0.717) is 0 Å². The number of para-hydroxylation sites is 1. The summed E-state index contributed by atoms with van der Waals surface area (Å²) in [7, 11) is 2.18. The second-order valence-corrected chi connectivity index (χ2v) is 6.92. The maximum Gasteiger partial charge on any atom is 0.0459 e. The summed E-state index contributed by atoms with van der Waals surface area (Å²) in [5, 5.41) is 1.37.